The number of rotatable bonds is 1. The molecule has 0 aromatic heterocycles. The molecule has 0 aliphatic rings. The van der Waals surface area contributed by atoms with Crippen molar-refractivity contribution in [2.75, 3.05) is 5.73 Å². The maximum atomic E-state index is 5.70. The van der Waals surface area contributed by atoms with Gasteiger partial charge >= 0.3 is 0 Å². The largest absolute Gasteiger partial charge is 0.399 e. The lowest BCUT2D eigenvalue weighted by atomic mass is 10.2. The van der Waals surface area contributed by atoms with E-state index in [1.807, 2.05) is 36.4 Å². The number of anilines is 1. The summed E-state index contributed by atoms with van der Waals surface area (Å²) in [4.78, 5) is 0. The second-order valence-electron chi connectivity index (χ2n) is 2.99. The van der Waals surface area contributed by atoms with E-state index in [0.29, 0.717) is 0 Å². The third-order valence-corrected chi connectivity index (χ3v) is 1.99. The summed E-state index contributed by atoms with van der Waals surface area (Å²) in [5, 5.41) is 0. The van der Waals surface area contributed by atoms with Crippen LogP contribution in [0.5, 0.6) is 0 Å². The lowest BCUT2D eigenvalue weighted by Crippen LogP contribution is -1.84. The first kappa shape index (κ1) is 10.6. The predicted octanol–water partition coefficient (Wildman–Crippen LogP) is 3.36. The van der Waals surface area contributed by atoms with Gasteiger partial charge < -0.3 is 5.73 Å². The highest BCUT2D eigenvalue weighted by Gasteiger charge is 1.94. The number of benzene rings is 2. The Balaban J connectivity index is 0.000000980. The monoisotopic (exact) mass is 211 g/mol. The molecule has 2 heteroatoms. The van der Waals surface area contributed by atoms with E-state index >= 15 is 0 Å². The maximum absolute atomic E-state index is 5.70. The van der Waals surface area contributed by atoms with E-state index in [1.54, 1.807) is 0 Å². The minimum Gasteiger partial charge on any atom is -0.399 e. The van der Waals surface area contributed by atoms with Gasteiger partial charge in [-0.2, -0.15) is 0 Å². The molecule has 0 heterocycles. The molecule has 2 N–H and O–H groups in total. The molecule has 0 unspecified atom stereocenters. The van der Waals surface area contributed by atoms with E-state index < -0.39 is 0 Å². The molecule has 2 rings (SSSR count). The van der Waals surface area contributed by atoms with E-state index in [0.717, 1.165) is 5.69 Å². The van der Waals surface area contributed by atoms with E-state index in [1.165, 1.54) is 11.1 Å². The fourth-order valence-corrected chi connectivity index (χ4v) is 1.35. The van der Waals surface area contributed by atoms with E-state index in [9.17, 15) is 0 Å². The standard InChI is InChI=1S/C12H11N.ClH/c13-12-8-4-7-11(9-12)10-5-2-1-3-6-10;/h1-9H,13H2;1H/i1+1,2+1,3+1,5+1,6+1,10+1;. The Bertz CT molecular complexity index is 398. The molecular formula is C12H12ClN. The summed E-state index contributed by atoms with van der Waals surface area (Å²) >= 11 is 0. The van der Waals surface area contributed by atoms with Crippen LogP contribution >= 0.6 is 12.4 Å². The number of hydrogen-bond donors (Lipinski definition) is 1. The summed E-state index contributed by atoms with van der Waals surface area (Å²) in [6, 6.07) is 18.1. The van der Waals surface area contributed by atoms with Crippen molar-refractivity contribution in [1.82, 2.24) is 0 Å². The molecule has 0 fully saturated rings. The van der Waals surface area contributed by atoms with Crippen molar-refractivity contribution >= 4 is 18.1 Å². The molecule has 0 spiro atoms. The van der Waals surface area contributed by atoms with Crippen LogP contribution in [0.25, 0.3) is 11.1 Å². The zero-order valence-corrected chi connectivity index (χ0v) is 8.50. The fraction of sp³-hybridized carbons (Fsp3) is 0. The zero-order chi connectivity index (χ0) is 9.10. The van der Waals surface area contributed by atoms with Gasteiger partial charge in [-0.25, -0.2) is 0 Å². The third kappa shape index (κ3) is 2.27. The Morgan fingerprint density at radius 2 is 1.36 bits per heavy atom. The Morgan fingerprint density at radius 1 is 0.714 bits per heavy atom. The molecule has 1 nitrogen and oxygen atoms in total. The van der Waals surface area contributed by atoms with Crippen LogP contribution in [-0.4, -0.2) is 0 Å². The average molecular weight is 212 g/mol. The van der Waals surface area contributed by atoms with Gasteiger partial charge in [0.1, 0.15) is 0 Å². The van der Waals surface area contributed by atoms with Gasteiger partial charge in [0.05, 0.1) is 0 Å². The van der Waals surface area contributed by atoms with Crippen molar-refractivity contribution in [3.05, 3.63) is 54.6 Å². The molecule has 72 valence electrons. The first-order valence-electron chi connectivity index (χ1n) is 4.27. The van der Waals surface area contributed by atoms with Crippen molar-refractivity contribution in [3.63, 3.8) is 0 Å². The summed E-state index contributed by atoms with van der Waals surface area (Å²) < 4.78 is 0. The SMILES string of the molecule is Cl.Nc1cccc(-[13c]2[13cH][13cH][13cH][13cH][13cH]2)c1. The minimum atomic E-state index is 0. The molecule has 0 amide bonds. The van der Waals surface area contributed by atoms with Crippen LogP contribution < -0.4 is 5.73 Å². The summed E-state index contributed by atoms with van der Waals surface area (Å²) in [6.45, 7) is 0. The summed E-state index contributed by atoms with van der Waals surface area (Å²) in [6.07, 6.45) is 0. The van der Waals surface area contributed by atoms with Crippen LogP contribution in [0.4, 0.5) is 5.69 Å². The van der Waals surface area contributed by atoms with Gasteiger partial charge in [0.2, 0.25) is 0 Å². The van der Waals surface area contributed by atoms with Crippen LogP contribution in [-0.2, 0) is 0 Å². The maximum Gasteiger partial charge on any atom is 0.0320 e. The lowest BCUT2D eigenvalue weighted by molar-refractivity contribution is 1.61. The number of nitrogen functional groups attached to an aromatic ring is 1. The van der Waals surface area contributed by atoms with Gasteiger partial charge in [-0.3, -0.25) is 0 Å². The first-order chi connectivity index (χ1) is 6.36. The Hall–Kier alpha value is -1.47. The first-order valence-corrected chi connectivity index (χ1v) is 4.27. The lowest BCUT2D eigenvalue weighted by Gasteiger charge is -2.01. The van der Waals surface area contributed by atoms with Crippen LogP contribution in [0.3, 0.4) is 0 Å². The topological polar surface area (TPSA) is 26.0 Å². The molecule has 0 saturated heterocycles. The average Bonchev–Trinajstić information content (AvgIpc) is 2.19. The molecule has 0 aliphatic carbocycles. The highest BCUT2D eigenvalue weighted by atomic mass is 35.5. The van der Waals surface area contributed by atoms with Gasteiger partial charge in [0.25, 0.3) is 0 Å². The van der Waals surface area contributed by atoms with Crippen molar-refractivity contribution in [3.8, 4) is 11.1 Å². The second-order valence-corrected chi connectivity index (χ2v) is 2.99. The van der Waals surface area contributed by atoms with Gasteiger partial charge in [-0.15, -0.1) is 12.4 Å². The van der Waals surface area contributed by atoms with Gasteiger partial charge in [-0.1, -0.05) is 42.5 Å². The number of halogens is 1. The van der Waals surface area contributed by atoms with Crippen molar-refractivity contribution in [2.45, 2.75) is 0 Å². The molecule has 14 heavy (non-hydrogen) atoms. The minimum absolute atomic E-state index is 0. The number of hydrogen-bond acceptors (Lipinski definition) is 1. The van der Waals surface area contributed by atoms with E-state index in [2.05, 4.69) is 18.2 Å². The van der Waals surface area contributed by atoms with Crippen LogP contribution in [0.1, 0.15) is 0 Å². The smallest absolute Gasteiger partial charge is 0.0320 e. The predicted molar refractivity (Wildman–Crippen MR) is 63.5 cm³/mol. The van der Waals surface area contributed by atoms with Crippen molar-refractivity contribution in [1.29, 1.82) is 0 Å². The Kier molecular flexibility index (Phi) is 3.55. The Morgan fingerprint density at radius 3 is 2.00 bits per heavy atom. The van der Waals surface area contributed by atoms with Crippen LogP contribution in [0.2, 0.25) is 0 Å². The molecule has 0 atom stereocenters. The van der Waals surface area contributed by atoms with Crippen molar-refractivity contribution in [2.24, 2.45) is 0 Å². The molecular weight excluding hydrogens is 200 g/mol. The molecule has 2 aromatic carbocycles. The summed E-state index contributed by atoms with van der Waals surface area (Å²) in [5.41, 5.74) is 8.87. The van der Waals surface area contributed by atoms with Gasteiger partial charge in [0, 0.05) is 5.69 Å². The van der Waals surface area contributed by atoms with E-state index in [4.69, 9.17) is 5.73 Å². The zero-order valence-electron chi connectivity index (χ0n) is 7.68. The quantitative estimate of drug-likeness (QED) is 0.720. The Labute approximate surface area is 90.0 Å². The fourth-order valence-electron chi connectivity index (χ4n) is 1.35. The summed E-state index contributed by atoms with van der Waals surface area (Å²) in [5.74, 6) is 0. The normalized spacial score (nSPS) is 9.14. The third-order valence-electron chi connectivity index (χ3n) is 1.99. The molecule has 0 bridgehead atoms. The second kappa shape index (κ2) is 4.68. The molecule has 2 aromatic rings. The number of nitrogens with two attached hydrogens (primary N) is 1. The highest BCUT2D eigenvalue weighted by Crippen LogP contribution is 2.20. The molecule has 0 saturated carbocycles. The van der Waals surface area contributed by atoms with E-state index in [-0.39, 0.29) is 12.4 Å². The molecule has 0 radical (unpaired) electrons. The highest BCUT2D eigenvalue weighted by molar-refractivity contribution is 5.85. The van der Waals surface area contributed by atoms with Crippen molar-refractivity contribution < 1.29 is 0 Å². The molecule has 0 aliphatic heterocycles. The van der Waals surface area contributed by atoms with Gasteiger partial charge in [0.15, 0.2) is 0 Å². The van der Waals surface area contributed by atoms with Gasteiger partial charge in [-0.05, 0) is 23.3 Å². The summed E-state index contributed by atoms with van der Waals surface area (Å²) in [7, 11) is 0. The van der Waals surface area contributed by atoms with Crippen LogP contribution in [0, 0.1) is 0 Å². The van der Waals surface area contributed by atoms with Crippen LogP contribution in [0.15, 0.2) is 54.6 Å².